The summed E-state index contributed by atoms with van der Waals surface area (Å²) < 4.78 is 5.76. The number of nitrogens with one attached hydrogen (secondary N) is 1. The molecule has 0 unspecified atom stereocenters. The van der Waals surface area contributed by atoms with E-state index in [2.05, 4.69) is 41.4 Å². The fraction of sp³-hybridized carbons (Fsp3) is 0.588. The second-order valence-electron chi connectivity index (χ2n) is 6.16. The van der Waals surface area contributed by atoms with E-state index in [1.807, 2.05) is 11.0 Å². The fourth-order valence-electron chi connectivity index (χ4n) is 3.19. The van der Waals surface area contributed by atoms with E-state index in [4.69, 9.17) is 4.74 Å². The lowest BCUT2D eigenvalue weighted by molar-refractivity contribution is -0.152. The van der Waals surface area contributed by atoms with Crippen molar-refractivity contribution >= 4 is 5.91 Å². The van der Waals surface area contributed by atoms with E-state index >= 15 is 0 Å². The lowest BCUT2D eigenvalue weighted by Gasteiger charge is -2.39. The summed E-state index contributed by atoms with van der Waals surface area (Å²) in [5.74, 6) is 0.145. The highest BCUT2D eigenvalue weighted by molar-refractivity contribution is 5.81. The summed E-state index contributed by atoms with van der Waals surface area (Å²) >= 11 is 0. The Morgan fingerprint density at radius 1 is 1.32 bits per heavy atom. The Kier molecular flexibility index (Phi) is 5.08. The highest BCUT2D eigenvalue weighted by Gasteiger charge is 2.33. The molecule has 0 aliphatic carbocycles. The Labute approximate surface area is 132 Å². The van der Waals surface area contributed by atoms with Gasteiger partial charge in [0, 0.05) is 45.3 Å². The molecule has 2 heterocycles. The van der Waals surface area contributed by atoms with E-state index in [1.165, 1.54) is 5.56 Å². The average molecular weight is 303 g/mol. The van der Waals surface area contributed by atoms with Crippen molar-refractivity contribution in [3.05, 3.63) is 35.9 Å². The number of amides is 1. The number of carbonyl (C=O) groups is 1. The van der Waals surface area contributed by atoms with Gasteiger partial charge in [0.25, 0.3) is 5.91 Å². The Hall–Kier alpha value is -1.43. The van der Waals surface area contributed by atoms with Gasteiger partial charge in [-0.05, 0) is 12.5 Å². The van der Waals surface area contributed by atoms with Crippen molar-refractivity contribution in [2.24, 2.45) is 0 Å². The summed E-state index contributed by atoms with van der Waals surface area (Å²) in [5, 5.41) is 3.32. The van der Waals surface area contributed by atoms with Crippen LogP contribution in [-0.4, -0.2) is 67.2 Å². The molecule has 5 nitrogen and oxygen atoms in total. The molecule has 2 aliphatic rings. The van der Waals surface area contributed by atoms with Crippen LogP contribution in [0.2, 0.25) is 0 Å². The Balaban J connectivity index is 1.59. The number of hydrogen-bond donors (Lipinski definition) is 1. The predicted molar refractivity (Wildman–Crippen MR) is 85.5 cm³/mol. The number of benzene rings is 1. The summed E-state index contributed by atoms with van der Waals surface area (Å²) in [6, 6.07) is 10.6. The van der Waals surface area contributed by atoms with E-state index in [1.54, 1.807) is 0 Å². The van der Waals surface area contributed by atoms with Crippen molar-refractivity contribution < 1.29 is 9.53 Å². The van der Waals surface area contributed by atoms with Crippen LogP contribution in [0.4, 0.5) is 0 Å². The third kappa shape index (κ3) is 3.66. The van der Waals surface area contributed by atoms with Crippen molar-refractivity contribution in [2.75, 3.05) is 39.3 Å². The molecular formula is C17H25N3O2. The summed E-state index contributed by atoms with van der Waals surface area (Å²) in [5.41, 5.74) is 1.28. The third-order valence-corrected chi connectivity index (χ3v) is 4.46. The quantitative estimate of drug-likeness (QED) is 0.893. The van der Waals surface area contributed by atoms with Crippen molar-refractivity contribution in [2.45, 2.75) is 25.6 Å². The second-order valence-corrected chi connectivity index (χ2v) is 6.16. The molecule has 0 aromatic heterocycles. The number of carbonyl (C=O) groups excluding carboxylic acids is 1. The lowest BCUT2D eigenvalue weighted by atomic mass is 10.1. The minimum atomic E-state index is -0.321. The number of rotatable bonds is 3. The van der Waals surface area contributed by atoms with E-state index in [9.17, 15) is 4.79 Å². The van der Waals surface area contributed by atoms with Crippen LogP contribution in [0.15, 0.2) is 30.3 Å². The van der Waals surface area contributed by atoms with Gasteiger partial charge in [0.05, 0.1) is 6.61 Å². The first-order chi connectivity index (χ1) is 10.7. The standard InChI is InChI=1S/C17H25N3O2/c1-14-11-18-7-8-20(14)17(21)16-13-19(9-10-22-16)12-15-5-3-2-4-6-15/h2-6,14,16,18H,7-13H2,1H3/t14-,16+/m0/s1. The molecule has 1 N–H and O–H groups in total. The Morgan fingerprint density at radius 2 is 2.14 bits per heavy atom. The van der Waals surface area contributed by atoms with Crippen LogP contribution in [-0.2, 0) is 16.1 Å². The van der Waals surface area contributed by atoms with Gasteiger partial charge in [-0.1, -0.05) is 30.3 Å². The van der Waals surface area contributed by atoms with Crippen LogP contribution in [0.25, 0.3) is 0 Å². The maximum absolute atomic E-state index is 12.7. The monoisotopic (exact) mass is 303 g/mol. The molecule has 2 fully saturated rings. The molecule has 1 aromatic carbocycles. The van der Waals surface area contributed by atoms with Crippen LogP contribution < -0.4 is 5.32 Å². The van der Waals surface area contributed by atoms with E-state index in [0.717, 1.165) is 32.7 Å². The number of ether oxygens (including phenoxy) is 1. The summed E-state index contributed by atoms with van der Waals surface area (Å²) in [7, 11) is 0. The van der Waals surface area contributed by atoms with Gasteiger partial charge in [0.15, 0.2) is 0 Å². The zero-order valence-corrected chi connectivity index (χ0v) is 13.2. The normalized spacial score (nSPS) is 26.9. The van der Waals surface area contributed by atoms with Crippen molar-refractivity contribution in [3.63, 3.8) is 0 Å². The van der Waals surface area contributed by atoms with E-state index in [-0.39, 0.29) is 18.1 Å². The van der Waals surface area contributed by atoms with Crippen molar-refractivity contribution in [1.29, 1.82) is 0 Å². The highest BCUT2D eigenvalue weighted by atomic mass is 16.5. The largest absolute Gasteiger partial charge is 0.366 e. The molecule has 0 radical (unpaired) electrons. The second kappa shape index (κ2) is 7.22. The SMILES string of the molecule is C[C@H]1CNCCN1C(=O)[C@H]1CN(Cc2ccccc2)CCO1. The molecule has 1 aromatic rings. The molecule has 22 heavy (non-hydrogen) atoms. The van der Waals surface area contributed by atoms with Gasteiger partial charge < -0.3 is 15.0 Å². The number of piperazine rings is 1. The van der Waals surface area contributed by atoms with Crippen LogP contribution in [0.1, 0.15) is 12.5 Å². The van der Waals surface area contributed by atoms with Crippen molar-refractivity contribution in [3.8, 4) is 0 Å². The molecule has 2 saturated heterocycles. The van der Waals surface area contributed by atoms with Crippen LogP contribution in [0, 0.1) is 0 Å². The molecule has 0 bridgehead atoms. The first kappa shape index (κ1) is 15.5. The van der Waals surface area contributed by atoms with Crippen LogP contribution in [0.5, 0.6) is 0 Å². The average Bonchev–Trinajstić information content (AvgIpc) is 2.56. The van der Waals surface area contributed by atoms with Crippen LogP contribution >= 0.6 is 0 Å². The zero-order chi connectivity index (χ0) is 15.4. The van der Waals surface area contributed by atoms with E-state index in [0.29, 0.717) is 13.2 Å². The van der Waals surface area contributed by atoms with Gasteiger partial charge in [0.2, 0.25) is 0 Å². The minimum Gasteiger partial charge on any atom is -0.366 e. The molecule has 0 saturated carbocycles. The summed E-state index contributed by atoms with van der Waals surface area (Å²) in [6.45, 7) is 7.69. The first-order valence-electron chi connectivity index (χ1n) is 8.13. The summed E-state index contributed by atoms with van der Waals surface area (Å²) in [4.78, 5) is 17.0. The summed E-state index contributed by atoms with van der Waals surface area (Å²) in [6.07, 6.45) is -0.321. The Morgan fingerprint density at radius 3 is 2.91 bits per heavy atom. The topological polar surface area (TPSA) is 44.8 Å². The molecule has 0 spiro atoms. The van der Waals surface area contributed by atoms with Crippen molar-refractivity contribution in [1.82, 2.24) is 15.1 Å². The third-order valence-electron chi connectivity index (χ3n) is 4.46. The van der Waals surface area contributed by atoms with Gasteiger partial charge in [-0.2, -0.15) is 0 Å². The fourth-order valence-corrected chi connectivity index (χ4v) is 3.19. The number of hydrogen-bond acceptors (Lipinski definition) is 4. The zero-order valence-electron chi connectivity index (χ0n) is 13.2. The minimum absolute atomic E-state index is 0.145. The number of nitrogens with zero attached hydrogens (tertiary/aromatic N) is 2. The molecule has 2 aliphatic heterocycles. The molecule has 3 rings (SSSR count). The van der Waals surface area contributed by atoms with Gasteiger partial charge in [-0.3, -0.25) is 9.69 Å². The molecule has 120 valence electrons. The first-order valence-corrected chi connectivity index (χ1v) is 8.13. The van der Waals surface area contributed by atoms with E-state index < -0.39 is 0 Å². The molecule has 2 atom stereocenters. The highest BCUT2D eigenvalue weighted by Crippen LogP contribution is 2.14. The van der Waals surface area contributed by atoms with Gasteiger partial charge >= 0.3 is 0 Å². The van der Waals surface area contributed by atoms with Gasteiger partial charge in [-0.15, -0.1) is 0 Å². The molecule has 1 amide bonds. The lowest BCUT2D eigenvalue weighted by Crippen LogP contribution is -2.58. The number of morpholine rings is 1. The van der Waals surface area contributed by atoms with Crippen LogP contribution in [0.3, 0.4) is 0 Å². The maximum atomic E-state index is 12.7. The molecular weight excluding hydrogens is 278 g/mol. The van der Waals surface area contributed by atoms with Gasteiger partial charge in [0.1, 0.15) is 6.10 Å². The maximum Gasteiger partial charge on any atom is 0.253 e. The smallest absolute Gasteiger partial charge is 0.253 e. The van der Waals surface area contributed by atoms with Gasteiger partial charge in [-0.25, -0.2) is 0 Å². The molecule has 5 heteroatoms. The Bertz CT molecular complexity index is 494. The predicted octanol–water partition coefficient (Wildman–Crippen LogP) is 0.708.